The normalized spacial score (nSPS) is 10.4. The second-order valence-electron chi connectivity index (χ2n) is 4.94. The topological polar surface area (TPSA) is 65.4 Å². The number of esters is 1. The number of nitrogens with zero attached hydrogens (tertiary/aromatic N) is 1. The average molecular weight is 339 g/mol. The van der Waals surface area contributed by atoms with Gasteiger partial charge in [-0.1, -0.05) is 24.3 Å². The molecule has 5 nitrogen and oxygen atoms in total. The number of rotatable bonds is 4. The molecule has 0 radical (unpaired) electrons. The fraction of sp³-hybridized carbons (Fsp3) is 0.0556. The van der Waals surface area contributed by atoms with Crippen LogP contribution in [-0.4, -0.2) is 23.4 Å². The molecule has 0 unspecified atom stereocenters. The molecule has 24 heavy (non-hydrogen) atoms. The number of ether oxygens (including phenoxy) is 1. The summed E-state index contributed by atoms with van der Waals surface area (Å²) in [6.45, 7) is 0. The van der Waals surface area contributed by atoms with Gasteiger partial charge in [-0.25, -0.2) is 4.79 Å². The van der Waals surface area contributed by atoms with E-state index in [4.69, 9.17) is 4.74 Å². The molecule has 0 bridgehead atoms. The molecular weight excluding hydrogens is 326 g/mol. The summed E-state index contributed by atoms with van der Waals surface area (Å²) in [6.07, 6.45) is 1.39. The Balaban J connectivity index is 2.22. The highest BCUT2D eigenvalue weighted by Crippen LogP contribution is 2.19. The lowest BCUT2D eigenvalue weighted by molar-refractivity contribution is 0.0597. The van der Waals surface area contributed by atoms with Crippen molar-refractivity contribution < 1.29 is 14.3 Å². The van der Waals surface area contributed by atoms with Crippen LogP contribution in [0.2, 0.25) is 0 Å². The molecule has 6 heteroatoms. The fourth-order valence-corrected chi connectivity index (χ4v) is 3.00. The van der Waals surface area contributed by atoms with Gasteiger partial charge in [-0.05, 0) is 23.6 Å². The Kier molecular flexibility index (Phi) is 4.39. The second kappa shape index (κ2) is 6.64. The molecule has 1 aromatic carbocycles. The quantitative estimate of drug-likeness (QED) is 0.541. The highest BCUT2D eigenvalue weighted by Gasteiger charge is 2.22. The molecule has 0 spiro atoms. The number of aromatic nitrogens is 1. The zero-order valence-corrected chi connectivity index (χ0v) is 13.6. The van der Waals surface area contributed by atoms with Crippen LogP contribution in [0, 0.1) is 0 Å². The van der Waals surface area contributed by atoms with Crippen LogP contribution < -0.4 is 5.56 Å². The van der Waals surface area contributed by atoms with E-state index in [0.717, 1.165) is 6.07 Å². The van der Waals surface area contributed by atoms with Gasteiger partial charge >= 0.3 is 5.97 Å². The predicted molar refractivity (Wildman–Crippen MR) is 91.1 cm³/mol. The first-order valence-electron chi connectivity index (χ1n) is 7.10. The van der Waals surface area contributed by atoms with Crippen molar-refractivity contribution in [1.29, 1.82) is 0 Å². The molecule has 0 aliphatic carbocycles. The van der Waals surface area contributed by atoms with Crippen molar-refractivity contribution in [1.82, 2.24) is 4.57 Å². The summed E-state index contributed by atoms with van der Waals surface area (Å²) < 4.78 is 6.05. The van der Waals surface area contributed by atoms with Crippen LogP contribution in [-0.2, 0) is 4.74 Å². The molecule has 0 aliphatic heterocycles. The number of pyridine rings is 1. The number of benzene rings is 1. The number of carbonyl (C=O) groups excluding carboxylic acids is 2. The molecular formula is C18H13NO4S. The minimum absolute atomic E-state index is 0.0342. The van der Waals surface area contributed by atoms with Gasteiger partial charge in [-0.3, -0.25) is 14.2 Å². The molecule has 0 N–H and O–H groups in total. The predicted octanol–water partition coefficient (Wildman–Crippen LogP) is 2.92. The van der Waals surface area contributed by atoms with Gasteiger partial charge in [0.1, 0.15) is 0 Å². The van der Waals surface area contributed by atoms with E-state index in [1.54, 1.807) is 41.8 Å². The van der Waals surface area contributed by atoms with E-state index < -0.39 is 11.5 Å². The lowest BCUT2D eigenvalue weighted by Gasteiger charge is -2.11. The van der Waals surface area contributed by atoms with Crippen molar-refractivity contribution in [2.24, 2.45) is 0 Å². The monoisotopic (exact) mass is 339 g/mol. The summed E-state index contributed by atoms with van der Waals surface area (Å²) in [6, 6.07) is 13.5. The maximum Gasteiger partial charge on any atom is 0.338 e. The molecule has 0 saturated heterocycles. The van der Waals surface area contributed by atoms with Gasteiger partial charge in [0.25, 0.3) is 5.56 Å². The van der Waals surface area contributed by atoms with Crippen LogP contribution in [0.4, 0.5) is 0 Å². The first kappa shape index (κ1) is 15.9. The molecule has 3 aromatic rings. The standard InChI is InChI=1S/C18H13NO4S/c1-23-18(22)13-10-16(20)19(12-6-3-2-4-7-12)11-14(13)17(21)15-8-5-9-24-15/h2-11H,1H3. The first-order valence-corrected chi connectivity index (χ1v) is 7.98. The molecule has 0 fully saturated rings. The van der Waals surface area contributed by atoms with Crippen molar-refractivity contribution in [3.8, 4) is 5.69 Å². The van der Waals surface area contributed by atoms with Gasteiger partial charge in [0, 0.05) is 18.0 Å². The summed E-state index contributed by atoms with van der Waals surface area (Å²) >= 11 is 1.27. The van der Waals surface area contributed by atoms with Gasteiger partial charge in [0.15, 0.2) is 0 Å². The number of methoxy groups -OCH3 is 1. The van der Waals surface area contributed by atoms with E-state index in [2.05, 4.69) is 0 Å². The van der Waals surface area contributed by atoms with Gasteiger partial charge in [-0.2, -0.15) is 0 Å². The number of para-hydroxylation sites is 1. The summed E-state index contributed by atoms with van der Waals surface area (Å²) in [5.41, 5.74) is 0.296. The molecule has 0 aliphatic rings. The van der Waals surface area contributed by atoms with Crippen LogP contribution in [0.1, 0.15) is 25.6 Å². The van der Waals surface area contributed by atoms with Crippen LogP contribution in [0.25, 0.3) is 5.69 Å². The lowest BCUT2D eigenvalue weighted by atomic mass is 10.0. The van der Waals surface area contributed by atoms with Crippen molar-refractivity contribution in [2.45, 2.75) is 0 Å². The van der Waals surface area contributed by atoms with Gasteiger partial charge in [0.2, 0.25) is 5.78 Å². The second-order valence-corrected chi connectivity index (χ2v) is 5.89. The van der Waals surface area contributed by atoms with E-state index in [1.807, 2.05) is 6.07 Å². The van der Waals surface area contributed by atoms with Gasteiger partial charge in [0.05, 0.1) is 23.1 Å². The van der Waals surface area contributed by atoms with Crippen molar-refractivity contribution in [3.05, 3.63) is 86.5 Å². The van der Waals surface area contributed by atoms with Crippen LogP contribution >= 0.6 is 11.3 Å². The van der Waals surface area contributed by atoms with Crippen molar-refractivity contribution in [3.63, 3.8) is 0 Å². The highest BCUT2D eigenvalue weighted by atomic mass is 32.1. The summed E-state index contributed by atoms with van der Waals surface area (Å²) in [4.78, 5) is 37.6. The minimum Gasteiger partial charge on any atom is -0.465 e. The number of carbonyl (C=O) groups is 2. The average Bonchev–Trinajstić information content (AvgIpc) is 3.15. The Hall–Kier alpha value is -2.99. The van der Waals surface area contributed by atoms with E-state index in [9.17, 15) is 14.4 Å². The van der Waals surface area contributed by atoms with Gasteiger partial charge < -0.3 is 4.74 Å². The van der Waals surface area contributed by atoms with Crippen LogP contribution in [0.15, 0.2) is 64.9 Å². The number of ketones is 1. The molecule has 3 rings (SSSR count). The molecule has 0 amide bonds. The van der Waals surface area contributed by atoms with Crippen LogP contribution in [0.5, 0.6) is 0 Å². The molecule has 120 valence electrons. The van der Waals surface area contributed by atoms with Gasteiger partial charge in [-0.15, -0.1) is 11.3 Å². The van der Waals surface area contributed by atoms with E-state index >= 15 is 0 Å². The zero-order valence-electron chi connectivity index (χ0n) is 12.8. The lowest BCUT2D eigenvalue weighted by Crippen LogP contribution is -2.23. The Bertz CT molecular complexity index is 943. The summed E-state index contributed by atoms with van der Waals surface area (Å²) in [7, 11) is 1.21. The van der Waals surface area contributed by atoms with Crippen LogP contribution in [0.3, 0.4) is 0 Å². The van der Waals surface area contributed by atoms with E-state index in [0.29, 0.717) is 10.6 Å². The highest BCUT2D eigenvalue weighted by molar-refractivity contribution is 7.12. The van der Waals surface area contributed by atoms with E-state index in [-0.39, 0.29) is 16.9 Å². The minimum atomic E-state index is -0.716. The Morgan fingerprint density at radius 2 is 1.79 bits per heavy atom. The third-order valence-electron chi connectivity index (χ3n) is 3.48. The molecule has 2 heterocycles. The van der Waals surface area contributed by atoms with Crippen molar-refractivity contribution >= 4 is 23.1 Å². The van der Waals surface area contributed by atoms with E-state index in [1.165, 1.54) is 29.2 Å². The Morgan fingerprint density at radius 3 is 2.42 bits per heavy atom. The molecule has 0 atom stereocenters. The zero-order chi connectivity index (χ0) is 17.1. The fourth-order valence-electron chi connectivity index (χ4n) is 2.32. The first-order chi connectivity index (χ1) is 11.6. The maximum absolute atomic E-state index is 12.7. The molecule has 0 saturated carbocycles. The Labute approximate surface area is 141 Å². The number of hydrogen-bond donors (Lipinski definition) is 0. The maximum atomic E-state index is 12.7. The third-order valence-corrected chi connectivity index (χ3v) is 4.35. The third kappa shape index (κ3) is 2.91. The summed E-state index contributed by atoms with van der Waals surface area (Å²) in [5, 5.41) is 1.78. The Morgan fingerprint density at radius 1 is 1.04 bits per heavy atom. The SMILES string of the molecule is COC(=O)c1cc(=O)n(-c2ccccc2)cc1C(=O)c1cccs1. The summed E-state index contributed by atoms with van der Waals surface area (Å²) in [5.74, 6) is -1.04. The smallest absolute Gasteiger partial charge is 0.338 e. The number of thiophene rings is 1. The molecule has 2 aromatic heterocycles. The van der Waals surface area contributed by atoms with Crippen molar-refractivity contribution in [2.75, 3.05) is 7.11 Å². The largest absolute Gasteiger partial charge is 0.465 e. The number of hydrogen-bond acceptors (Lipinski definition) is 5.